The molecule has 1 N–H and O–H groups in total. The molecule has 2 heteroatoms. The summed E-state index contributed by atoms with van der Waals surface area (Å²) in [6, 6.07) is 0. The summed E-state index contributed by atoms with van der Waals surface area (Å²) in [4.78, 5) is 0. The van der Waals surface area contributed by atoms with Gasteiger partial charge in [-0.1, -0.05) is 13.8 Å². The maximum Gasteiger partial charge on any atom is 0.0538 e. The third-order valence-corrected chi connectivity index (χ3v) is 0.965. The number of hydrogen-bond donors (Lipinski definition) is 1. The van der Waals surface area contributed by atoms with Crippen LogP contribution in [0.3, 0.4) is 0 Å². The Labute approximate surface area is 50.5 Å². The SMILES string of the molecule is CC.OCC1COC1. The zero-order valence-electron chi connectivity index (χ0n) is 5.55. The highest BCUT2D eigenvalue weighted by molar-refractivity contribution is 4.61. The van der Waals surface area contributed by atoms with Crippen molar-refractivity contribution in [2.45, 2.75) is 13.8 Å². The second-order valence-electron chi connectivity index (χ2n) is 1.59. The van der Waals surface area contributed by atoms with Gasteiger partial charge in [-0.15, -0.1) is 0 Å². The molecule has 1 heterocycles. The highest BCUT2D eigenvalue weighted by atomic mass is 16.5. The Hall–Kier alpha value is -0.0800. The van der Waals surface area contributed by atoms with E-state index in [4.69, 9.17) is 9.84 Å². The molecule has 0 atom stereocenters. The molecule has 0 aromatic heterocycles. The van der Waals surface area contributed by atoms with Crippen LogP contribution in [0, 0.1) is 5.92 Å². The van der Waals surface area contributed by atoms with Crippen molar-refractivity contribution in [3.63, 3.8) is 0 Å². The average Bonchev–Trinajstić information content (AvgIpc) is 1.69. The minimum Gasteiger partial charge on any atom is -0.396 e. The summed E-state index contributed by atoms with van der Waals surface area (Å²) in [5.41, 5.74) is 0. The summed E-state index contributed by atoms with van der Waals surface area (Å²) in [7, 11) is 0. The predicted molar refractivity (Wildman–Crippen MR) is 32.7 cm³/mol. The van der Waals surface area contributed by atoms with Gasteiger partial charge < -0.3 is 9.84 Å². The summed E-state index contributed by atoms with van der Waals surface area (Å²) in [6.45, 7) is 5.81. The van der Waals surface area contributed by atoms with Gasteiger partial charge in [0.25, 0.3) is 0 Å². The highest BCUT2D eigenvalue weighted by Crippen LogP contribution is 2.06. The lowest BCUT2D eigenvalue weighted by Crippen LogP contribution is -2.30. The van der Waals surface area contributed by atoms with Gasteiger partial charge in [0.2, 0.25) is 0 Å². The van der Waals surface area contributed by atoms with Crippen molar-refractivity contribution in [2.75, 3.05) is 19.8 Å². The molecule has 0 unspecified atom stereocenters. The summed E-state index contributed by atoms with van der Waals surface area (Å²) in [6.07, 6.45) is 0. The van der Waals surface area contributed by atoms with E-state index in [1.54, 1.807) is 0 Å². The molecule has 0 aromatic rings. The number of rotatable bonds is 1. The van der Waals surface area contributed by atoms with Crippen LogP contribution in [0.4, 0.5) is 0 Å². The van der Waals surface area contributed by atoms with Gasteiger partial charge in [-0.05, 0) is 0 Å². The number of aliphatic hydroxyl groups excluding tert-OH is 1. The van der Waals surface area contributed by atoms with Crippen molar-refractivity contribution in [2.24, 2.45) is 5.92 Å². The fourth-order valence-electron chi connectivity index (χ4n) is 0.390. The normalized spacial score (nSPS) is 18.4. The molecular weight excluding hydrogens is 104 g/mol. The first-order valence-corrected chi connectivity index (χ1v) is 3.12. The van der Waals surface area contributed by atoms with Crippen LogP contribution in [0.15, 0.2) is 0 Å². The van der Waals surface area contributed by atoms with Gasteiger partial charge >= 0.3 is 0 Å². The number of ether oxygens (including phenoxy) is 1. The fraction of sp³-hybridized carbons (Fsp3) is 1.00. The molecule has 0 aromatic carbocycles. The van der Waals surface area contributed by atoms with E-state index < -0.39 is 0 Å². The third-order valence-electron chi connectivity index (χ3n) is 0.965. The average molecular weight is 118 g/mol. The van der Waals surface area contributed by atoms with Crippen molar-refractivity contribution >= 4 is 0 Å². The Morgan fingerprint density at radius 2 is 2.00 bits per heavy atom. The van der Waals surface area contributed by atoms with Gasteiger partial charge in [-0.2, -0.15) is 0 Å². The minimum atomic E-state index is 0.292. The van der Waals surface area contributed by atoms with E-state index in [0.29, 0.717) is 12.5 Å². The van der Waals surface area contributed by atoms with Crippen LogP contribution in [-0.2, 0) is 4.74 Å². The Morgan fingerprint density at radius 3 is 2.00 bits per heavy atom. The van der Waals surface area contributed by atoms with Gasteiger partial charge in [0.15, 0.2) is 0 Å². The van der Waals surface area contributed by atoms with Crippen LogP contribution in [0.5, 0.6) is 0 Å². The van der Waals surface area contributed by atoms with Crippen LogP contribution in [0.25, 0.3) is 0 Å². The predicted octanol–water partition coefficient (Wildman–Crippen LogP) is 0.651. The largest absolute Gasteiger partial charge is 0.396 e. The van der Waals surface area contributed by atoms with Gasteiger partial charge in [-0.25, -0.2) is 0 Å². The molecule has 2 nitrogen and oxygen atoms in total. The van der Waals surface area contributed by atoms with E-state index in [1.807, 2.05) is 13.8 Å². The fourth-order valence-corrected chi connectivity index (χ4v) is 0.390. The topological polar surface area (TPSA) is 29.5 Å². The molecule has 1 aliphatic rings. The lowest BCUT2D eigenvalue weighted by Gasteiger charge is -2.22. The minimum absolute atomic E-state index is 0.292. The second-order valence-corrected chi connectivity index (χ2v) is 1.59. The molecule has 1 aliphatic heterocycles. The Morgan fingerprint density at radius 1 is 1.50 bits per heavy atom. The lowest BCUT2D eigenvalue weighted by molar-refractivity contribution is -0.0554. The van der Waals surface area contributed by atoms with E-state index in [1.165, 1.54) is 0 Å². The Balaban J connectivity index is 0.000000222. The van der Waals surface area contributed by atoms with Crippen molar-refractivity contribution in [3.05, 3.63) is 0 Å². The van der Waals surface area contributed by atoms with E-state index in [9.17, 15) is 0 Å². The third kappa shape index (κ3) is 2.28. The zero-order chi connectivity index (χ0) is 6.41. The maximum absolute atomic E-state index is 8.31. The van der Waals surface area contributed by atoms with E-state index >= 15 is 0 Å². The van der Waals surface area contributed by atoms with Gasteiger partial charge in [0, 0.05) is 5.92 Å². The van der Waals surface area contributed by atoms with Gasteiger partial charge in [0.1, 0.15) is 0 Å². The molecule has 1 rings (SSSR count). The standard InChI is InChI=1S/C4H8O2.C2H6/c5-1-4-2-6-3-4;1-2/h4-5H,1-3H2;1-2H3. The van der Waals surface area contributed by atoms with Gasteiger partial charge in [0.05, 0.1) is 19.8 Å². The lowest BCUT2D eigenvalue weighted by atomic mass is 10.1. The first kappa shape index (κ1) is 7.92. The molecule has 0 saturated carbocycles. The Bertz CT molecular complexity index is 39.0. The highest BCUT2D eigenvalue weighted by Gasteiger charge is 2.15. The molecule has 0 amide bonds. The van der Waals surface area contributed by atoms with Crippen LogP contribution < -0.4 is 0 Å². The van der Waals surface area contributed by atoms with Crippen LogP contribution in [0.2, 0.25) is 0 Å². The van der Waals surface area contributed by atoms with Gasteiger partial charge in [-0.3, -0.25) is 0 Å². The molecule has 0 aliphatic carbocycles. The molecule has 1 fully saturated rings. The summed E-state index contributed by atoms with van der Waals surface area (Å²) in [5.74, 6) is 0.449. The van der Waals surface area contributed by atoms with Crippen molar-refractivity contribution in [1.82, 2.24) is 0 Å². The monoisotopic (exact) mass is 118 g/mol. The zero-order valence-corrected chi connectivity index (χ0v) is 5.55. The summed E-state index contributed by atoms with van der Waals surface area (Å²) < 4.78 is 4.77. The molecule has 8 heavy (non-hydrogen) atoms. The first-order valence-electron chi connectivity index (χ1n) is 3.12. The van der Waals surface area contributed by atoms with Crippen LogP contribution in [-0.4, -0.2) is 24.9 Å². The van der Waals surface area contributed by atoms with Crippen LogP contribution in [0.1, 0.15) is 13.8 Å². The molecule has 0 spiro atoms. The van der Waals surface area contributed by atoms with Crippen molar-refractivity contribution in [3.8, 4) is 0 Å². The van der Waals surface area contributed by atoms with E-state index in [2.05, 4.69) is 0 Å². The van der Waals surface area contributed by atoms with Crippen molar-refractivity contribution in [1.29, 1.82) is 0 Å². The summed E-state index contributed by atoms with van der Waals surface area (Å²) >= 11 is 0. The maximum atomic E-state index is 8.31. The molecule has 0 radical (unpaired) electrons. The second kappa shape index (κ2) is 5.06. The molecule has 50 valence electrons. The van der Waals surface area contributed by atoms with Crippen LogP contribution >= 0.6 is 0 Å². The Kier molecular flexibility index (Phi) is 5.01. The smallest absolute Gasteiger partial charge is 0.0538 e. The first-order chi connectivity index (χ1) is 3.93. The molecular formula is C6H14O2. The van der Waals surface area contributed by atoms with E-state index in [-0.39, 0.29) is 0 Å². The summed E-state index contributed by atoms with van der Waals surface area (Å²) in [5, 5.41) is 8.31. The van der Waals surface area contributed by atoms with Crippen molar-refractivity contribution < 1.29 is 9.84 Å². The number of aliphatic hydroxyl groups is 1. The molecule has 1 saturated heterocycles. The molecule has 0 bridgehead atoms. The number of hydrogen-bond acceptors (Lipinski definition) is 2. The quantitative estimate of drug-likeness (QED) is 0.548. The van der Waals surface area contributed by atoms with E-state index in [0.717, 1.165) is 13.2 Å².